The van der Waals surface area contributed by atoms with Gasteiger partial charge in [0.25, 0.3) is 0 Å². The second kappa shape index (κ2) is 9.59. The highest BCUT2D eigenvalue weighted by molar-refractivity contribution is 5.85. The van der Waals surface area contributed by atoms with Crippen LogP contribution in [0.15, 0.2) is 48.8 Å². The number of rotatable bonds is 6. The number of benzene rings is 2. The molecule has 0 bridgehead atoms. The van der Waals surface area contributed by atoms with Crippen molar-refractivity contribution in [2.75, 3.05) is 27.3 Å². The first kappa shape index (κ1) is 23.8. The van der Waals surface area contributed by atoms with Crippen molar-refractivity contribution in [3.8, 4) is 28.7 Å². The lowest BCUT2D eigenvalue weighted by Gasteiger charge is -2.31. The molecule has 1 fully saturated rings. The van der Waals surface area contributed by atoms with Crippen molar-refractivity contribution in [1.29, 1.82) is 5.26 Å². The summed E-state index contributed by atoms with van der Waals surface area (Å²) >= 11 is 0. The summed E-state index contributed by atoms with van der Waals surface area (Å²) in [5, 5.41) is 14.0. The van der Waals surface area contributed by atoms with E-state index in [-0.39, 0.29) is 23.5 Å². The summed E-state index contributed by atoms with van der Waals surface area (Å²) in [5.74, 6) is -1.67. The third-order valence-corrected chi connectivity index (χ3v) is 7.09. The Morgan fingerprint density at radius 3 is 2.28 bits per heavy atom. The molecule has 0 radical (unpaired) electrons. The molecule has 2 N–H and O–H groups in total. The fraction of sp³-hybridized carbons (Fsp3) is 0.286. The SMILES string of the molecule is COc1cc(OC)c(F)c(Cc2c[nH]c3ncc(-c4ccc(C5(C#N)CCNCC5)cc4)cc23)c1F. The van der Waals surface area contributed by atoms with Crippen LogP contribution in [0.1, 0.15) is 29.5 Å². The van der Waals surface area contributed by atoms with Gasteiger partial charge in [-0.1, -0.05) is 24.3 Å². The van der Waals surface area contributed by atoms with Gasteiger partial charge in [0.15, 0.2) is 23.1 Å². The van der Waals surface area contributed by atoms with Crippen LogP contribution in [-0.4, -0.2) is 37.3 Å². The van der Waals surface area contributed by atoms with E-state index in [0.717, 1.165) is 48.0 Å². The van der Waals surface area contributed by atoms with Crippen molar-refractivity contribution in [1.82, 2.24) is 15.3 Å². The summed E-state index contributed by atoms with van der Waals surface area (Å²) < 4.78 is 40.1. The largest absolute Gasteiger partial charge is 0.494 e. The van der Waals surface area contributed by atoms with E-state index in [0.29, 0.717) is 11.2 Å². The molecule has 5 rings (SSSR count). The molecule has 1 aliphatic heterocycles. The van der Waals surface area contributed by atoms with E-state index in [2.05, 4.69) is 21.4 Å². The van der Waals surface area contributed by atoms with Gasteiger partial charge in [-0.25, -0.2) is 13.8 Å². The number of aromatic nitrogens is 2. The van der Waals surface area contributed by atoms with Crippen LogP contribution in [-0.2, 0) is 11.8 Å². The topological polar surface area (TPSA) is 83.0 Å². The van der Waals surface area contributed by atoms with Gasteiger partial charge in [0.05, 0.1) is 25.7 Å². The lowest BCUT2D eigenvalue weighted by Crippen LogP contribution is -2.38. The highest BCUT2D eigenvalue weighted by Crippen LogP contribution is 2.36. The van der Waals surface area contributed by atoms with Gasteiger partial charge in [0.1, 0.15) is 5.65 Å². The monoisotopic (exact) mass is 488 g/mol. The number of methoxy groups -OCH3 is 2. The number of hydrogen-bond donors (Lipinski definition) is 2. The molecular weight excluding hydrogens is 462 g/mol. The Bertz CT molecular complexity index is 1420. The van der Waals surface area contributed by atoms with Crippen molar-refractivity contribution < 1.29 is 18.3 Å². The molecule has 0 aliphatic carbocycles. The molecule has 0 spiro atoms. The summed E-state index contributed by atoms with van der Waals surface area (Å²) in [6.45, 7) is 1.65. The van der Waals surface area contributed by atoms with Crippen molar-refractivity contribution in [3.63, 3.8) is 0 Å². The van der Waals surface area contributed by atoms with Crippen LogP contribution >= 0.6 is 0 Å². The van der Waals surface area contributed by atoms with Crippen LogP contribution in [0.4, 0.5) is 8.78 Å². The van der Waals surface area contributed by atoms with Crippen LogP contribution in [0.5, 0.6) is 11.5 Å². The maximum atomic E-state index is 15.0. The Balaban J connectivity index is 1.49. The molecule has 184 valence electrons. The Labute approximate surface area is 207 Å². The average molecular weight is 489 g/mol. The number of pyridine rings is 1. The number of nitrogens with one attached hydrogen (secondary N) is 2. The molecule has 0 atom stereocenters. The van der Waals surface area contributed by atoms with Crippen LogP contribution in [0.25, 0.3) is 22.2 Å². The lowest BCUT2D eigenvalue weighted by atomic mass is 9.74. The molecule has 1 saturated heterocycles. The van der Waals surface area contributed by atoms with E-state index in [9.17, 15) is 14.0 Å². The van der Waals surface area contributed by atoms with E-state index < -0.39 is 17.0 Å². The van der Waals surface area contributed by atoms with E-state index >= 15 is 0 Å². The Kier molecular flexibility index (Phi) is 6.33. The minimum atomic E-state index is -0.755. The second-order valence-electron chi connectivity index (χ2n) is 9.02. The highest BCUT2D eigenvalue weighted by atomic mass is 19.1. The first-order valence-electron chi connectivity index (χ1n) is 11.8. The smallest absolute Gasteiger partial charge is 0.171 e. The van der Waals surface area contributed by atoms with Gasteiger partial charge in [0, 0.05) is 41.4 Å². The Morgan fingerprint density at radius 2 is 1.67 bits per heavy atom. The van der Waals surface area contributed by atoms with Crippen LogP contribution in [0.3, 0.4) is 0 Å². The Morgan fingerprint density at radius 1 is 1.00 bits per heavy atom. The standard InChI is InChI=1S/C28H26F2N4O2/c1-35-23-13-24(36-2)26(30)22(25(23)29)12-19-15-34-27-21(19)11-18(14-33-27)17-3-5-20(6-4-17)28(16-31)7-9-32-10-8-28/h3-6,11,13-15,32H,7-10,12H2,1-2H3,(H,33,34). The number of ether oxygens (including phenoxy) is 2. The third-order valence-electron chi connectivity index (χ3n) is 7.09. The number of H-pyrrole nitrogens is 1. The number of piperidine rings is 1. The van der Waals surface area contributed by atoms with Gasteiger partial charge in [-0.15, -0.1) is 0 Å². The highest BCUT2D eigenvalue weighted by Gasteiger charge is 2.33. The third kappa shape index (κ3) is 4.06. The summed E-state index contributed by atoms with van der Waals surface area (Å²) in [7, 11) is 2.66. The molecule has 4 aromatic rings. The minimum absolute atomic E-state index is 0.00593. The van der Waals surface area contributed by atoms with Crippen molar-refractivity contribution in [3.05, 3.63) is 77.1 Å². The van der Waals surface area contributed by atoms with Crippen LogP contribution < -0.4 is 14.8 Å². The van der Waals surface area contributed by atoms with E-state index in [1.54, 1.807) is 12.4 Å². The number of aromatic amines is 1. The Hall–Kier alpha value is -3.96. The van der Waals surface area contributed by atoms with E-state index in [4.69, 9.17) is 9.47 Å². The fourth-order valence-electron chi connectivity index (χ4n) is 4.94. The van der Waals surface area contributed by atoms with Crippen molar-refractivity contribution in [2.45, 2.75) is 24.7 Å². The number of nitriles is 1. The second-order valence-corrected chi connectivity index (χ2v) is 9.02. The normalized spacial score (nSPS) is 15.0. The zero-order chi connectivity index (χ0) is 25.3. The maximum Gasteiger partial charge on any atom is 0.171 e. The van der Waals surface area contributed by atoms with Crippen LogP contribution in [0.2, 0.25) is 0 Å². The molecule has 36 heavy (non-hydrogen) atoms. The quantitative estimate of drug-likeness (QED) is 0.387. The van der Waals surface area contributed by atoms with Crippen molar-refractivity contribution in [2.24, 2.45) is 0 Å². The van der Waals surface area contributed by atoms with Gasteiger partial charge in [-0.05, 0) is 48.7 Å². The molecule has 3 heterocycles. The molecule has 1 aliphatic rings. The number of halogens is 2. The summed E-state index contributed by atoms with van der Waals surface area (Å²) in [6, 6.07) is 13.7. The first-order chi connectivity index (χ1) is 17.5. The fourth-order valence-corrected chi connectivity index (χ4v) is 4.94. The van der Waals surface area contributed by atoms with Crippen molar-refractivity contribution >= 4 is 11.0 Å². The van der Waals surface area contributed by atoms with Gasteiger partial charge in [0.2, 0.25) is 0 Å². The molecule has 0 saturated carbocycles. The summed E-state index contributed by atoms with van der Waals surface area (Å²) in [4.78, 5) is 7.61. The van der Waals surface area contributed by atoms with Gasteiger partial charge >= 0.3 is 0 Å². The summed E-state index contributed by atoms with van der Waals surface area (Å²) in [6.07, 6.45) is 5.03. The maximum absolute atomic E-state index is 15.0. The lowest BCUT2D eigenvalue weighted by molar-refractivity contribution is 0.354. The van der Waals surface area contributed by atoms with E-state index in [1.165, 1.54) is 20.3 Å². The molecule has 6 nitrogen and oxygen atoms in total. The molecule has 2 aromatic heterocycles. The minimum Gasteiger partial charge on any atom is -0.494 e. The number of hydrogen-bond acceptors (Lipinski definition) is 5. The predicted molar refractivity (Wildman–Crippen MR) is 133 cm³/mol. The molecule has 0 unspecified atom stereocenters. The summed E-state index contributed by atoms with van der Waals surface area (Å²) in [5.41, 5.74) is 3.56. The zero-order valence-electron chi connectivity index (χ0n) is 20.1. The van der Waals surface area contributed by atoms with E-state index in [1.807, 2.05) is 30.3 Å². The molecule has 8 heteroatoms. The number of nitrogens with zero attached hydrogens (tertiary/aromatic N) is 2. The molecular formula is C28H26F2N4O2. The number of fused-ring (bicyclic) bond motifs is 1. The van der Waals surface area contributed by atoms with Crippen LogP contribution in [0, 0.1) is 23.0 Å². The van der Waals surface area contributed by atoms with Gasteiger partial charge < -0.3 is 19.8 Å². The molecule has 2 aromatic carbocycles. The van der Waals surface area contributed by atoms with Gasteiger partial charge in [-0.2, -0.15) is 5.26 Å². The first-order valence-corrected chi connectivity index (χ1v) is 11.8. The average Bonchev–Trinajstić information content (AvgIpc) is 3.33. The van der Waals surface area contributed by atoms with Gasteiger partial charge in [-0.3, -0.25) is 0 Å². The predicted octanol–water partition coefficient (Wildman–Crippen LogP) is 5.26. The molecule has 0 amide bonds. The zero-order valence-corrected chi connectivity index (χ0v) is 20.1.